The number of thioether (sulfide) groups is 2. The molecular weight excluding hydrogens is 740 g/mol. The minimum atomic E-state index is -0.291. The van der Waals surface area contributed by atoms with Crippen LogP contribution < -0.4 is 0 Å². The van der Waals surface area contributed by atoms with Gasteiger partial charge < -0.3 is 0 Å². The van der Waals surface area contributed by atoms with Crippen molar-refractivity contribution in [1.29, 1.82) is 0 Å². The van der Waals surface area contributed by atoms with Crippen LogP contribution >= 0.6 is 89.6 Å². The van der Waals surface area contributed by atoms with Gasteiger partial charge >= 0.3 is 0 Å². The van der Waals surface area contributed by atoms with Crippen LogP contribution in [0.3, 0.4) is 0 Å². The Bertz CT molecular complexity index is 1790. The lowest BCUT2D eigenvalue weighted by Gasteiger charge is -2.25. The second kappa shape index (κ2) is 12.4. The summed E-state index contributed by atoms with van der Waals surface area (Å²) in [6.45, 7) is 20.8. The smallest absolute Gasteiger partial charge is 0.0600 e. The number of fused-ring (bicyclic) bond motifs is 7. The summed E-state index contributed by atoms with van der Waals surface area (Å²) < 4.78 is 6.52. The molecule has 6 rings (SSSR count). The molecule has 0 saturated heterocycles. The second-order valence-electron chi connectivity index (χ2n) is 12.2. The van der Waals surface area contributed by atoms with Gasteiger partial charge in [0.15, 0.2) is 0 Å². The molecule has 0 unspecified atom stereocenters. The maximum absolute atomic E-state index is 2.58. The van der Waals surface area contributed by atoms with Crippen molar-refractivity contribution in [3.8, 4) is 9.75 Å². The van der Waals surface area contributed by atoms with Gasteiger partial charge in [-0.25, -0.2) is 0 Å². The molecule has 4 aromatic heterocycles. The van der Waals surface area contributed by atoms with Crippen molar-refractivity contribution in [1.82, 2.24) is 0 Å². The summed E-state index contributed by atoms with van der Waals surface area (Å²) in [6.07, 6.45) is 8.45. The van der Waals surface area contributed by atoms with E-state index < -0.39 is 0 Å². The van der Waals surface area contributed by atoms with Gasteiger partial charge in [-0.3, -0.25) is 0 Å². The Kier molecular flexibility index (Phi) is 9.32. The van der Waals surface area contributed by atoms with Crippen LogP contribution in [-0.4, -0.2) is 14.5 Å². The summed E-state index contributed by atoms with van der Waals surface area (Å²) in [6, 6.07) is 4.71. The van der Waals surface area contributed by atoms with Gasteiger partial charge in [0.25, 0.3) is 0 Å². The second-order valence-corrected chi connectivity index (χ2v) is 22.0. The molecule has 1 aliphatic heterocycles. The van der Waals surface area contributed by atoms with Crippen molar-refractivity contribution < 1.29 is 0 Å². The van der Waals surface area contributed by atoms with Crippen LogP contribution in [0.4, 0.5) is 0 Å². The molecular formula is C35H39IS6. The minimum absolute atomic E-state index is 0.152. The van der Waals surface area contributed by atoms with Crippen molar-refractivity contribution in [2.75, 3.05) is 5.75 Å². The van der Waals surface area contributed by atoms with Gasteiger partial charge in [-0.2, -0.15) is 11.8 Å². The predicted molar refractivity (Wildman–Crippen MR) is 209 cm³/mol. The van der Waals surface area contributed by atoms with Crippen LogP contribution in [0.1, 0.15) is 81.1 Å². The largest absolute Gasteiger partial charge is 0.155 e. The average molecular weight is 779 g/mol. The molecule has 222 valence electrons. The van der Waals surface area contributed by atoms with Crippen LogP contribution in [-0.2, 0) is 6.42 Å². The van der Waals surface area contributed by atoms with Crippen LogP contribution in [0.5, 0.6) is 0 Å². The normalized spacial score (nSPS) is 18.3. The highest BCUT2D eigenvalue weighted by Crippen LogP contribution is 2.57. The Morgan fingerprint density at radius 1 is 1.14 bits per heavy atom. The quantitative estimate of drug-likeness (QED) is 0.0917. The van der Waals surface area contributed by atoms with E-state index in [1.807, 2.05) is 34.4 Å². The van der Waals surface area contributed by atoms with Crippen LogP contribution in [0.2, 0.25) is 0 Å². The van der Waals surface area contributed by atoms with Gasteiger partial charge in [-0.1, -0.05) is 78.8 Å². The molecule has 42 heavy (non-hydrogen) atoms. The molecule has 0 bridgehead atoms. The molecule has 1 aliphatic carbocycles. The van der Waals surface area contributed by atoms with E-state index in [1.165, 1.54) is 42.2 Å². The molecule has 0 radical (unpaired) electrons. The zero-order valence-corrected chi connectivity index (χ0v) is 32.9. The predicted octanol–water partition coefficient (Wildman–Crippen LogP) is 13.5. The van der Waals surface area contributed by atoms with E-state index in [1.54, 1.807) is 42.9 Å². The van der Waals surface area contributed by atoms with Gasteiger partial charge in [0.2, 0.25) is 0 Å². The van der Waals surface area contributed by atoms with Crippen molar-refractivity contribution >= 4 is 109 Å². The summed E-state index contributed by atoms with van der Waals surface area (Å²) in [7, 11) is 0. The summed E-state index contributed by atoms with van der Waals surface area (Å²) in [5.41, 5.74) is 6.37. The maximum atomic E-state index is 2.58. The average Bonchev–Trinajstić information content (AvgIpc) is 3.69. The first-order valence-corrected chi connectivity index (χ1v) is 22.0. The third kappa shape index (κ3) is 5.82. The molecule has 0 saturated carbocycles. The van der Waals surface area contributed by atoms with E-state index in [0.29, 0.717) is 11.2 Å². The van der Waals surface area contributed by atoms with E-state index >= 15 is 0 Å². The Hall–Kier alpha value is -0.420. The van der Waals surface area contributed by atoms with Crippen molar-refractivity contribution in [2.45, 2.75) is 78.9 Å². The summed E-state index contributed by atoms with van der Waals surface area (Å²) in [5.74, 6) is 1.81. The first-order valence-electron chi connectivity index (χ1n) is 14.6. The first kappa shape index (κ1) is 31.6. The van der Waals surface area contributed by atoms with E-state index in [0.717, 1.165) is 0 Å². The third-order valence-corrected chi connectivity index (χ3v) is 19.3. The number of rotatable bonds is 7. The number of hydrogen-bond donors (Lipinski definition) is 0. The fourth-order valence-electron chi connectivity index (χ4n) is 5.90. The molecule has 0 amide bonds. The highest BCUT2D eigenvalue weighted by atomic mass is 127. The van der Waals surface area contributed by atoms with Gasteiger partial charge in [0.1, 0.15) is 0 Å². The van der Waals surface area contributed by atoms with E-state index in [9.17, 15) is 0 Å². The minimum Gasteiger partial charge on any atom is -0.155 e. The number of aryl methyl sites for hydroxylation is 1. The van der Waals surface area contributed by atoms with E-state index in [2.05, 4.69) is 132 Å². The topological polar surface area (TPSA) is 0 Å². The Morgan fingerprint density at radius 3 is 2.60 bits per heavy atom. The zero-order valence-electron chi connectivity index (χ0n) is 25.9. The monoisotopic (exact) mass is 778 g/mol. The Labute approximate surface area is 286 Å². The maximum Gasteiger partial charge on any atom is 0.0600 e. The number of halogens is 1. The van der Waals surface area contributed by atoms with Crippen LogP contribution in [0.15, 0.2) is 50.6 Å². The molecule has 2 atom stereocenters. The van der Waals surface area contributed by atoms with Crippen molar-refractivity contribution in [3.05, 3.63) is 75.0 Å². The van der Waals surface area contributed by atoms with E-state index in [4.69, 9.17) is 0 Å². The van der Waals surface area contributed by atoms with Crippen molar-refractivity contribution in [3.63, 3.8) is 0 Å². The summed E-state index contributed by atoms with van der Waals surface area (Å²) >= 11 is 11.9. The molecule has 2 aliphatic rings. The molecule has 0 aromatic carbocycles. The molecule has 0 nitrogen and oxygen atoms in total. The number of hydrogen-bond acceptors (Lipinski definition) is 6. The van der Waals surface area contributed by atoms with E-state index in [-0.39, 0.29) is 26.1 Å². The molecule has 0 fully saturated rings. The fraction of sp³-hybridized carbons (Fsp3) is 0.400. The summed E-state index contributed by atoms with van der Waals surface area (Å²) in [4.78, 5) is 10.4. The molecule has 0 N–H and O–H groups in total. The lowest BCUT2D eigenvalue weighted by molar-refractivity contribution is 0.516. The highest BCUT2D eigenvalue weighted by Gasteiger charge is 2.33. The first-order chi connectivity index (χ1) is 20.0. The molecule has 4 aromatic rings. The van der Waals surface area contributed by atoms with Gasteiger partial charge in [-0.15, -0.1) is 45.3 Å². The standard InChI is InChI=1S/C35H39IS6/c1-10-22(35(7,8)9)15-20(5)40-27-17-38-32-28(27)29(25-13-12-19(4)39-25)36-30-33-31(42-34(30)32)24-14-18(3)23(16-26(24)41-33)21(6)37-11-2/h10,12-13,15-18,21H,11,14H2,1-9H3/b20-15+,22-10+/t18-,21-/m1/s1. The van der Waals surface area contributed by atoms with Crippen LogP contribution in [0, 0.1) is 21.8 Å². The van der Waals surface area contributed by atoms with Gasteiger partial charge in [-0.05, 0) is 91.5 Å². The van der Waals surface area contributed by atoms with Gasteiger partial charge in [0.05, 0.1) is 19.2 Å². The summed E-state index contributed by atoms with van der Waals surface area (Å²) in [5, 5.41) is 3.06. The molecule has 7 heteroatoms. The molecule has 0 spiro atoms. The number of allylic oxidation sites excluding steroid dienone is 4. The van der Waals surface area contributed by atoms with Gasteiger partial charge in [0, 0.05) is 42.8 Å². The molecule has 5 heterocycles. The zero-order chi connectivity index (χ0) is 29.9. The lowest BCUT2D eigenvalue weighted by atomic mass is 9.86. The highest BCUT2D eigenvalue weighted by molar-refractivity contribution is 14.2. The Morgan fingerprint density at radius 2 is 1.93 bits per heavy atom. The lowest BCUT2D eigenvalue weighted by Crippen LogP contribution is -2.16. The van der Waals surface area contributed by atoms with Crippen LogP contribution in [0.25, 0.3) is 25.2 Å². The van der Waals surface area contributed by atoms with Crippen molar-refractivity contribution in [2.24, 2.45) is 11.3 Å². The third-order valence-electron chi connectivity index (χ3n) is 7.99. The SMILES string of the molecule is C/C=C(\C=C(/C)Sc1csc2c1C(c1ccc(C)s1)=Ic1c-2sc2c3c(sc12)C=C([C@@H](C)SCC)[C@H](C)C3)C(C)(C)C. The fourth-order valence-corrected chi connectivity index (χ4v) is 18.1. The number of thiophene rings is 4. The Balaban J connectivity index is 1.48.